The molecule has 1 heterocycles. The van der Waals surface area contributed by atoms with E-state index in [9.17, 15) is 9.18 Å². The molecule has 0 saturated heterocycles. The number of hydrogen-bond acceptors (Lipinski definition) is 3. The molecule has 1 aromatic carbocycles. The quantitative estimate of drug-likeness (QED) is 0.874. The molecule has 0 unspecified atom stereocenters. The van der Waals surface area contributed by atoms with Crippen LogP contribution in [0.5, 0.6) is 5.75 Å². The molecule has 1 N–H and O–H groups in total. The van der Waals surface area contributed by atoms with Crippen LogP contribution in [0, 0.1) is 5.82 Å². The van der Waals surface area contributed by atoms with Crippen LogP contribution in [-0.4, -0.2) is 18.2 Å². The minimum Gasteiger partial charge on any atom is -0.489 e. The van der Waals surface area contributed by atoms with E-state index in [4.69, 9.17) is 4.74 Å². The van der Waals surface area contributed by atoms with Crippen molar-refractivity contribution in [3.63, 3.8) is 0 Å². The molecule has 106 valence electrons. The van der Waals surface area contributed by atoms with Crippen LogP contribution in [0.2, 0.25) is 0 Å². The molecule has 4 nitrogen and oxygen atoms in total. The highest BCUT2D eigenvalue weighted by atomic mass is 19.1. The van der Waals surface area contributed by atoms with Gasteiger partial charge < -0.3 is 14.6 Å². The number of hydrogen-bond donors (Lipinski definition) is 1. The molecule has 0 radical (unpaired) electrons. The molecule has 0 bridgehead atoms. The Morgan fingerprint density at radius 3 is 2.85 bits per heavy atom. The van der Waals surface area contributed by atoms with E-state index >= 15 is 0 Å². The molecule has 0 aliphatic rings. The predicted molar refractivity (Wildman–Crippen MR) is 75.4 cm³/mol. The first-order chi connectivity index (χ1) is 9.70. The van der Waals surface area contributed by atoms with E-state index in [1.54, 1.807) is 31.4 Å². The van der Waals surface area contributed by atoms with Crippen LogP contribution in [0.25, 0.3) is 0 Å². The third kappa shape index (κ3) is 3.68. The van der Waals surface area contributed by atoms with Gasteiger partial charge in [-0.15, -0.1) is 0 Å². The van der Waals surface area contributed by atoms with Gasteiger partial charge in [0, 0.05) is 18.8 Å². The summed E-state index contributed by atoms with van der Waals surface area (Å²) in [6.45, 7) is 1.24. The fourth-order valence-corrected chi connectivity index (χ4v) is 1.87. The van der Waals surface area contributed by atoms with Crippen molar-refractivity contribution in [1.29, 1.82) is 0 Å². The first-order valence-electron chi connectivity index (χ1n) is 6.42. The molecule has 0 aliphatic carbocycles. The van der Waals surface area contributed by atoms with Crippen molar-refractivity contribution in [1.82, 2.24) is 9.88 Å². The maximum atomic E-state index is 13.8. The number of benzene rings is 1. The van der Waals surface area contributed by atoms with E-state index in [1.807, 2.05) is 6.07 Å². The van der Waals surface area contributed by atoms with Crippen molar-refractivity contribution in [3.05, 3.63) is 64.3 Å². The molecule has 1 aromatic heterocycles. The Hall–Kier alpha value is -2.14. The Bertz CT molecular complexity index is 625. The van der Waals surface area contributed by atoms with Gasteiger partial charge in [-0.3, -0.25) is 4.79 Å². The standard InChI is InChI=1S/C15H17FN2O2/c1-17-11-12-5-6-14(13(16)10-12)20-9-8-18-7-3-2-4-15(18)19/h2-7,10,17H,8-9,11H2,1H3. The van der Waals surface area contributed by atoms with E-state index in [2.05, 4.69) is 5.32 Å². The smallest absolute Gasteiger partial charge is 0.250 e. The van der Waals surface area contributed by atoms with Gasteiger partial charge in [0.25, 0.3) is 5.56 Å². The average Bonchev–Trinajstić information content (AvgIpc) is 2.43. The second kappa shape index (κ2) is 6.86. The molecule has 0 amide bonds. The molecule has 0 aliphatic heterocycles. The van der Waals surface area contributed by atoms with E-state index in [0.29, 0.717) is 13.1 Å². The topological polar surface area (TPSA) is 43.3 Å². The summed E-state index contributed by atoms with van der Waals surface area (Å²) < 4.78 is 20.7. The normalized spacial score (nSPS) is 10.5. The van der Waals surface area contributed by atoms with Crippen LogP contribution in [0.15, 0.2) is 47.4 Å². The Labute approximate surface area is 116 Å². The first kappa shape index (κ1) is 14.3. The average molecular weight is 276 g/mol. The van der Waals surface area contributed by atoms with Crippen molar-refractivity contribution in [2.24, 2.45) is 0 Å². The molecular formula is C15H17FN2O2. The SMILES string of the molecule is CNCc1ccc(OCCn2ccccc2=O)c(F)c1. The van der Waals surface area contributed by atoms with Crippen LogP contribution >= 0.6 is 0 Å². The molecule has 5 heteroatoms. The minimum atomic E-state index is -0.391. The Kier molecular flexibility index (Phi) is 4.90. The van der Waals surface area contributed by atoms with E-state index in [0.717, 1.165) is 5.56 Å². The minimum absolute atomic E-state index is 0.0964. The van der Waals surface area contributed by atoms with Crippen molar-refractivity contribution < 1.29 is 9.13 Å². The fraction of sp³-hybridized carbons (Fsp3) is 0.267. The highest BCUT2D eigenvalue weighted by Gasteiger charge is 2.04. The molecule has 20 heavy (non-hydrogen) atoms. The van der Waals surface area contributed by atoms with Crippen molar-refractivity contribution in [2.75, 3.05) is 13.7 Å². The van der Waals surface area contributed by atoms with Gasteiger partial charge >= 0.3 is 0 Å². The summed E-state index contributed by atoms with van der Waals surface area (Å²) in [4.78, 5) is 11.5. The molecular weight excluding hydrogens is 259 g/mol. The number of ether oxygens (including phenoxy) is 1. The van der Waals surface area contributed by atoms with Crippen molar-refractivity contribution >= 4 is 0 Å². The van der Waals surface area contributed by atoms with E-state index in [1.165, 1.54) is 16.7 Å². The second-order valence-electron chi connectivity index (χ2n) is 4.38. The number of pyridine rings is 1. The van der Waals surface area contributed by atoms with Gasteiger partial charge in [0.2, 0.25) is 0 Å². The molecule has 0 spiro atoms. The maximum absolute atomic E-state index is 13.8. The van der Waals surface area contributed by atoms with Gasteiger partial charge in [-0.1, -0.05) is 12.1 Å². The highest BCUT2D eigenvalue weighted by Crippen LogP contribution is 2.18. The van der Waals surface area contributed by atoms with Gasteiger partial charge in [0.05, 0.1) is 6.54 Å². The molecule has 0 saturated carbocycles. The van der Waals surface area contributed by atoms with Crippen LogP contribution in [0.4, 0.5) is 4.39 Å². The van der Waals surface area contributed by atoms with Crippen LogP contribution < -0.4 is 15.6 Å². The Balaban J connectivity index is 1.94. The summed E-state index contributed by atoms with van der Waals surface area (Å²) >= 11 is 0. The zero-order valence-electron chi connectivity index (χ0n) is 11.3. The lowest BCUT2D eigenvalue weighted by Crippen LogP contribution is -2.21. The third-order valence-corrected chi connectivity index (χ3v) is 2.87. The Morgan fingerprint density at radius 1 is 1.30 bits per heavy atom. The summed E-state index contributed by atoms with van der Waals surface area (Å²) in [6, 6.07) is 9.79. The summed E-state index contributed by atoms with van der Waals surface area (Å²) in [5.41, 5.74) is 0.762. The summed E-state index contributed by atoms with van der Waals surface area (Å²) in [5, 5.41) is 2.96. The lowest BCUT2D eigenvalue weighted by molar-refractivity contribution is 0.282. The number of nitrogens with zero attached hydrogens (tertiary/aromatic N) is 1. The van der Waals surface area contributed by atoms with E-state index in [-0.39, 0.29) is 17.9 Å². The van der Waals surface area contributed by atoms with Gasteiger partial charge in [-0.2, -0.15) is 0 Å². The molecule has 2 aromatic rings. The Morgan fingerprint density at radius 2 is 2.15 bits per heavy atom. The lowest BCUT2D eigenvalue weighted by atomic mass is 10.2. The van der Waals surface area contributed by atoms with Gasteiger partial charge in [-0.25, -0.2) is 4.39 Å². The molecule has 0 atom stereocenters. The molecule has 0 fully saturated rings. The molecule has 2 rings (SSSR count). The van der Waals surface area contributed by atoms with Crippen LogP contribution in [0.3, 0.4) is 0 Å². The third-order valence-electron chi connectivity index (χ3n) is 2.87. The number of rotatable bonds is 6. The van der Waals surface area contributed by atoms with Gasteiger partial charge in [0.1, 0.15) is 6.61 Å². The van der Waals surface area contributed by atoms with Crippen LogP contribution in [-0.2, 0) is 13.1 Å². The second-order valence-corrected chi connectivity index (χ2v) is 4.38. The monoisotopic (exact) mass is 276 g/mol. The predicted octanol–water partition coefficient (Wildman–Crippen LogP) is 1.79. The summed E-state index contributed by atoms with van der Waals surface area (Å²) in [6.07, 6.45) is 1.68. The van der Waals surface area contributed by atoms with Gasteiger partial charge in [0.15, 0.2) is 11.6 Å². The highest BCUT2D eigenvalue weighted by molar-refractivity contribution is 5.29. The largest absolute Gasteiger partial charge is 0.489 e. The zero-order chi connectivity index (χ0) is 14.4. The maximum Gasteiger partial charge on any atom is 0.250 e. The first-order valence-corrected chi connectivity index (χ1v) is 6.42. The van der Waals surface area contributed by atoms with Crippen molar-refractivity contribution in [2.45, 2.75) is 13.1 Å². The van der Waals surface area contributed by atoms with E-state index < -0.39 is 5.82 Å². The zero-order valence-corrected chi connectivity index (χ0v) is 11.3. The number of aromatic nitrogens is 1. The lowest BCUT2D eigenvalue weighted by Gasteiger charge is -2.09. The summed E-state index contributed by atoms with van der Waals surface area (Å²) in [7, 11) is 1.81. The van der Waals surface area contributed by atoms with Crippen LogP contribution in [0.1, 0.15) is 5.56 Å². The summed E-state index contributed by atoms with van der Waals surface area (Å²) in [5.74, 6) is -0.188. The van der Waals surface area contributed by atoms with Crippen molar-refractivity contribution in [3.8, 4) is 5.75 Å². The number of halogens is 1. The number of nitrogens with one attached hydrogen (secondary N) is 1. The van der Waals surface area contributed by atoms with Gasteiger partial charge in [-0.05, 0) is 30.8 Å². The fourth-order valence-electron chi connectivity index (χ4n) is 1.87.